The van der Waals surface area contributed by atoms with Gasteiger partial charge in [0.1, 0.15) is 6.61 Å². The molecule has 2 aromatic rings. The number of unbranched alkanes of at least 4 members (excludes halogenated alkanes) is 1. The predicted octanol–water partition coefficient (Wildman–Crippen LogP) is 3.79. The molecule has 0 radical (unpaired) electrons. The third-order valence-corrected chi connectivity index (χ3v) is 6.73. The minimum atomic E-state index is -1.09. The van der Waals surface area contributed by atoms with E-state index in [0.29, 0.717) is 13.0 Å². The van der Waals surface area contributed by atoms with E-state index in [1.54, 1.807) is 0 Å². The van der Waals surface area contributed by atoms with Crippen molar-refractivity contribution in [1.29, 1.82) is 0 Å². The van der Waals surface area contributed by atoms with Crippen LogP contribution in [0.25, 0.3) is 11.1 Å². The summed E-state index contributed by atoms with van der Waals surface area (Å²) in [5.74, 6) is -1.44. The quantitative estimate of drug-likeness (QED) is 0.566. The van der Waals surface area contributed by atoms with Crippen LogP contribution in [0.2, 0.25) is 0 Å². The van der Waals surface area contributed by atoms with Crippen LogP contribution in [-0.4, -0.2) is 66.4 Å². The lowest BCUT2D eigenvalue weighted by Gasteiger charge is -2.34. The Morgan fingerprint density at radius 3 is 2.40 bits per heavy atom. The smallest absolute Gasteiger partial charge is 0.407 e. The molecule has 2 amide bonds. The number of carbonyl (C=O) groups is 3. The van der Waals surface area contributed by atoms with Gasteiger partial charge in [-0.1, -0.05) is 68.3 Å². The van der Waals surface area contributed by atoms with Gasteiger partial charge < -0.3 is 24.8 Å². The van der Waals surface area contributed by atoms with E-state index >= 15 is 0 Å². The lowest BCUT2D eigenvalue weighted by molar-refractivity contribution is -0.158. The van der Waals surface area contributed by atoms with Crippen LogP contribution in [0.1, 0.15) is 49.7 Å². The molecule has 1 unspecified atom stereocenters. The minimum Gasteiger partial charge on any atom is -0.480 e. The lowest BCUT2D eigenvalue weighted by Crippen LogP contribution is -2.54. The van der Waals surface area contributed by atoms with Gasteiger partial charge in [-0.2, -0.15) is 0 Å². The Bertz CT molecular complexity index is 1030. The number of alkyl carbamates (subject to hydrolysis) is 1. The Labute approximate surface area is 205 Å². The fourth-order valence-electron chi connectivity index (χ4n) is 4.92. The Morgan fingerprint density at radius 1 is 1.11 bits per heavy atom. The average molecular weight is 481 g/mol. The molecule has 0 bridgehead atoms. The molecule has 0 spiro atoms. The molecule has 8 nitrogen and oxygen atoms in total. The zero-order valence-corrected chi connectivity index (χ0v) is 19.9. The highest BCUT2D eigenvalue weighted by Gasteiger charge is 2.34. The van der Waals surface area contributed by atoms with Gasteiger partial charge in [-0.05, 0) is 28.7 Å². The molecule has 4 rings (SSSR count). The van der Waals surface area contributed by atoms with Gasteiger partial charge >= 0.3 is 12.1 Å². The summed E-state index contributed by atoms with van der Waals surface area (Å²) in [6, 6.07) is 14.8. The van der Waals surface area contributed by atoms with Crippen molar-refractivity contribution in [2.24, 2.45) is 0 Å². The third kappa shape index (κ3) is 5.65. The molecule has 186 valence electrons. The van der Waals surface area contributed by atoms with Crippen LogP contribution in [0.5, 0.6) is 0 Å². The normalized spacial score (nSPS) is 17.9. The number of benzene rings is 2. The summed E-state index contributed by atoms with van der Waals surface area (Å²) >= 11 is 0. The third-order valence-electron chi connectivity index (χ3n) is 6.73. The molecule has 1 fully saturated rings. The van der Waals surface area contributed by atoms with Crippen LogP contribution in [0.15, 0.2) is 48.5 Å². The molecule has 2 aromatic carbocycles. The van der Waals surface area contributed by atoms with Gasteiger partial charge in [0, 0.05) is 24.9 Å². The maximum absolute atomic E-state index is 12.9. The first-order valence-electron chi connectivity index (χ1n) is 12.2. The van der Waals surface area contributed by atoms with Gasteiger partial charge in [-0.3, -0.25) is 4.79 Å². The molecule has 1 heterocycles. The predicted molar refractivity (Wildman–Crippen MR) is 130 cm³/mol. The number of nitrogens with one attached hydrogen (secondary N) is 1. The largest absolute Gasteiger partial charge is 0.480 e. The van der Waals surface area contributed by atoms with E-state index in [2.05, 4.69) is 29.6 Å². The van der Waals surface area contributed by atoms with E-state index in [4.69, 9.17) is 9.47 Å². The van der Waals surface area contributed by atoms with Crippen molar-refractivity contribution in [3.63, 3.8) is 0 Å². The van der Waals surface area contributed by atoms with Crippen molar-refractivity contribution in [1.82, 2.24) is 10.2 Å². The van der Waals surface area contributed by atoms with Crippen molar-refractivity contribution < 1.29 is 29.0 Å². The number of nitrogens with zero attached hydrogens (tertiary/aromatic N) is 1. The Hall–Kier alpha value is -3.39. The first kappa shape index (κ1) is 24.7. The summed E-state index contributed by atoms with van der Waals surface area (Å²) in [4.78, 5) is 38.5. The van der Waals surface area contributed by atoms with E-state index in [1.165, 1.54) is 4.90 Å². The van der Waals surface area contributed by atoms with Crippen LogP contribution in [0.4, 0.5) is 4.79 Å². The Morgan fingerprint density at radius 2 is 1.77 bits per heavy atom. The number of fused-ring (bicyclic) bond motifs is 3. The number of rotatable bonds is 9. The molecular weight excluding hydrogens is 448 g/mol. The molecule has 1 aliphatic carbocycles. The van der Waals surface area contributed by atoms with Gasteiger partial charge in [0.05, 0.1) is 13.2 Å². The summed E-state index contributed by atoms with van der Waals surface area (Å²) in [7, 11) is 0. The number of carboxylic acids is 1. The minimum absolute atomic E-state index is 0.0218. The lowest BCUT2D eigenvalue weighted by atomic mass is 9.98. The molecule has 2 aliphatic rings. The number of hydrogen-bond donors (Lipinski definition) is 2. The molecule has 2 N–H and O–H groups in total. The average Bonchev–Trinajstić information content (AvgIpc) is 3.19. The highest BCUT2D eigenvalue weighted by atomic mass is 16.5. The van der Waals surface area contributed by atoms with Crippen molar-refractivity contribution in [2.75, 3.05) is 26.4 Å². The highest BCUT2D eigenvalue weighted by molar-refractivity contribution is 5.84. The number of morpholine rings is 1. The van der Waals surface area contributed by atoms with Crippen LogP contribution in [0, 0.1) is 0 Å². The summed E-state index contributed by atoms with van der Waals surface area (Å²) in [6.45, 7) is 2.73. The Kier molecular flexibility index (Phi) is 8.02. The van der Waals surface area contributed by atoms with Gasteiger partial charge in [-0.15, -0.1) is 0 Å². The monoisotopic (exact) mass is 480 g/mol. The molecule has 35 heavy (non-hydrogen) atoms. The standard InChI is InChI=1S/C27H32N2O6/c1-2-3-8-18(15-25(30)29-13-14-34-17-24(29)26(31)32)28-27(33)35-16-23-21-11-6-4-9-19(21)20-10-5-7-12-22(20)23/h4-7,9-12,18,23-24H,2-3,8,13-17H2,1H3,(H,28,33)(H,31,32)/t18-,24?/m0/s1. The summed E-state index contributed by atoms with van der Waals surface area (Å²) < 4.78 is 10.9. The maximum atomic E-state index is 12.9. The van der Waals surface area contributed by atoms with Crippen molar-refractivity contribution in [3.05, 3.63) is 59.7 Å². The van der Waals surface area contributed by atoms with E-state index < -0.39 is 24.1 Å². The molecular formula is C27H32N2O6. The van der Waals surface area contributed by atoms with E-state index in [1.807, 2.05) is 31.2 Å². The fourth-order valence-corrected chi connectivity index (χ4v) is 4.92. The molecule has 0 saturated carbocycles. The fraction of sp³-hybridized carbons (Fsp3) is 0.444. The number of ether oxygens (including phenoxy) is 2. The summed E-state index contributed by atoms with van der Waals surface area (Å²) in [5.41, 5.74) is 4.57. The zero-order chi connectivity index (χ0) is 24.8. The topological polar surface area (TPSA) is 105 Å². The van der Waals surface area contributed by atoms with Crippen molar-refractivity contribution >= 4 is 18.0 Å². The number of aliphatic carboxylic acids is 1. The molecule has 2 atom stereocenters. The van der Waals surface area contributed by atoms with Crippen LogP contribution in [-0.2, 0) is 19.1 Å². The van der Waals surface area contributed by atoms with Gasteiger partial charge in [-0.25, -0.2) is 9.59 Å². The second-order valence-electron chi connectivity index (χ2n) is 9.03. The van der Waals surface area contributed by atoms with E-state index in [0.717, 1.165) is 35.1 Å². The molecule has 8 heteroatoms. The molecule has 1 saturated heterocycles. The summed E-state index contributed by atoms with van der Waals surface area (Å²) in [6.07, 6.45) is 1.79. The zero-order valence-electron chi connectivity index (χ0n) is 19.9. The van der Waals surface area contributed by atoms with Gasteiger partial charge in [0.15, 0.2) is 6.04 Å². The Balaban J connectivity index is 1.38. The molecule has 1 aliphatic heterocycles. The van der Waals surface area contributed by atoms with Gasteiger partial charge in [0.25, 0.3) is 0 Å². The van der Waals surface area contributed by atoms with E-state index in [9.17, 15) is 19.5 Å². The van der Waals surface area contributed by atoms with Crippen LogP contribution < -0.4 is 5.32 Å². The van der Waals surface area contributed by atoms with Crippen LogP contribution in [0.3, 0.4) is 0 Å². The SMILES string of the molecule is CCCC[C@@H](CC(=O)N1CCOCC1C(=O)O)NC(=O)OCC1c2ccccc2-c2ccccc21. The number of amides is 2. The molecule has 0 aromatic heterocycles. The van der Waals surface area contributed by atoms with Crippen molar-refractivity contribution in [2.45, 2.75) is 50.6 Å². The summed E-state index contributed by atoms with van der Waals surface area (Å²) in [5, 5.41) is 12.3. The second kappa shape index (κ2) is 11.4. The van der Waals surface area contributed by atoms with E-state index in [-0.39, 0.29) is 38.0 Å². The maximum Gasteiger partial charge on any atom is 0.407 e. The van der Waals surface area contributed by atoms with Crippen molar-refractivity contribution in [3.8, 4) is 11.1 Å². The second-order valence-corrected chi connectivity index (χ2v) is 9.03. The van der Waals surface area contributed by atoms with Gasteiger partial charge in [0.2, 0.25) is 5.91 Å². The number of carboxylic acid groups (broad SMARTS) is 1. The number of carbonyl (C=O) groups excluding carboxylic acids is 2. The van der Waals surface area contributed by atoms with Crippen LogP contribution >= 0.6 is 0 Å². The number of hydrogen-bond acceptors (Lipinski definition) is 5. The first-order valence-corrected chi connectivity index (χ1v) is 12.2. The first-order chi connectivity index (χ1) is 17.0. The highest BCUT2D eigenvalue weighted by Crippen LogP contribution is 2.44.